The number of hydrogen-bond acceptors (Lipinski definition) is 5. The predicted molar refractivity (Wildman–Crippen MR) is 128 cm³/mol. The van der Waals surface area contributed by atoms with Gasteiger partial charge in [-0.2, -0.15) is 0 Å². The number of aromatic nitrogens is 1. The van der Waals surface area contributed by atoms with E-state index in [9.17, 15) is 4.79 Å². The second-order valence-electron chi connectivity index (χ2n) is 6.71. The number of hydrogen-bond donors (Lipinski definition) is 1. The summed E-state index contributed by atoms with van der Waals surface area (Å²) in [4.78, 5) is 19.1. The number of carbonyl (C=O) groups excluding carboxylic acids is 1. The highest BCUT2D eigenvalue weighted by Crippen LogP contribution is 2.23. The molecule has 0 aromatic carbocycles. The lowest BCUT2D eigenvalue weighted by molar-refractivity contribution is -0.119. The predicted octanol–water partition coefficient (Wildman–Crippen LogP) is 5.67. The molecule has 1 saturated heterocycles. The highest BCUT2D eigenvalue weighted by atomic mass is 35.5. The van der Waals surface area contributed by atoms with Crippen LogP contribution in [0.3, 0.4) is 0 Å². The van der Waals surface area contributed by atoms with E-state index in [-0.39, 0.29) is 11.9 Å². The molecule has 1 aromatic heterocycles. The minimum absolute atomic E-state index is 0.0701. The summed E-state index contributed by atoms with van der Waals surface area (Å²) < 4.78 is 0.924. The smallest absolute Gasteiger partial charge is 0.230 e. The van der Waals surface area contributed by atoms with Gasteiger partial charge in [0.1, 0.15) is 0 Å². The van der Waals surface area contributed by atoms with Crippen molar-refractivity contribution in [2.75, 3.05) is 25.4 Å². The van der Waals surface area contributed by atoms with Gasteiger partial charge in [-0.25, -0.2) is 4.98 Å². The zero-order chi connectivity index (χ0) is 21.2. The van der Waals surface area contributed by atoms with E-state index in [0.29, 0.717) is 15.8 Å². The van der Waals surface area contributed by atoms with Crippen LogP contribution < -0.4 is 5.32 Å². The van der Waals surface area contributed by atoms with Crippen molar-refractivity contribution in [2.24, 2.45) is 0 Å². The van der Waals surface area contributed by atoms with E-state index >= 15 is 0 Å². The molecule has 29 heavy (non-hydrogen) atoms. The van der Waals surface area contributed by atoms with Gasteiger partial charge in [-0.15, -0.1) is 11.3 Å². The number of rotatable bonds is 9. The lowest BCUT2D eigenvalue weighted by atomic mass is 10.0. The minimum Gasteiger partial charge on any atom is -0.353 e. The summed E-state index contributed by atoms with van der Waals surface area (Å²) in [5.41, 5.74) is 2.05. The van der Waals surface area contributed by atoms with Gasteiger partial charge in [0.2, 0.25) is 5.91 Å². The second kappa shape index (κ2) is 12.6. The highest BCUT2D eigenvalue weighted by molar-refractivity contribution is 8.01. The van der Waals surface area contributed by atoms with Crippen LogP contribution in [0.25, 0.3) is 6.08 Å². The maximum absolute atomic E-state index is 12.3. The first-order valence-corrected chi connectivity index (χ1v) is 12.1. The fourth-order valence-electron chi connectivity index (χ4n) is 2.93. The maximum atomic E-state index is 12.3. The lowest BCUT2D eigenvalue weighted by Gasteiger charge is -2.32. The Morgan fingerprint density at radius 1 is 1.41 bits per heavy atom. The van der Waals surface area contributed by atoms with Gasteiger partial charge < -0.3 is 5.32 Å². The van der Waals surface area contributed by atoms with Gasteiger partial charge in [0.05, 0.1) is 21.5 Å². The van der Waals surface area contributed by atoms with E-state index in [0.717, 1.165) is 48.1 Å². The number of nitrogens with zero attached hydrogens (tertiary/aromatic N) is 2. The number of thiazole rings is 1. The van der Waals surface area contributed by atoms with E-state index < -0.39 is 0 Å². The third kappa shape index (κ3) is 8.69. The normalized spacial score (nSPS) is 17.1. The fraction of sp³-hybridized carbons (Fsp3) is 0.429. The van der Waals surface area contributed by atoms with Crippen molar-refractivity contribution in [3.63, 3.8) is 0 Å². The third-order valence-corrected chi connectivity index (χ3v) is 7.14. The summed E-state index contributed by atoms with van der Waals surface area (Å²) in [6.07, 6.45) is 9.70. The van der Waals surface area contributed by atoms with Crippen LogP contribution in [0, 0.1) is 0 Å². The van der Waals surface area contributed by atoms with Crippen LogP contribution in [-0.4, -0.2) is 47.2 Å². The van der Waals surface area contributed by atoms with Crippen LogP contribution in [0.2, 0.25) is 0 Å². The van der Waals surface area contributed by atoms with Crippen molar-refractivity contribution < 1.29 is 4.79 Å². The van der Waals surface area contributed by atoms with Crippen LogP contribution in [0.1, 0.15) is 32.4 Å². The Morgan fingerprint density at radius 2 is 2.14 bits per heavy atom. The molecule has 1 aliphatic rings. The molecule has 0 unspecified atom stereocenters. The molecule has 0 bridgehead atoms. The summed E-state index contributed by atoms with van der Waals surface area (Å²) >= 11 is 15.0. The van der Waals surface area contributed by atoms with Gasteiger partial charge in [-0.3, -0.25) is 9.69 Å². The average Bonchev–Trinajstić information content (AvgIpc) is 3.15. The zero-order valence-electron chi connectivity index (χ0n) is 16.8. The van der Waals surface area contributed by atoms with Crippen LogP contribution >= 0.6 is 46.3 Å². The summed E-state index contributed by atoms with van der Waals surface area (Å²) in [5, 5.41) is 5.97. The van der Waals surface area contributed by atoms with Crippen LogP contribution in [-0.2, 0) is 4.79 Å². The molecular formula is C21H27Cl2N3OS2. The molecule has 1 aliphatic heterocycles. The maximum Gasteiger partial charge on any atom is 0.230 e. The number of piperidine rings is 1. The van der Waals surface area contributed by atoms with Crippen molar-refractivity contribution in [3.05, 3.63) is 51.5 Å². The first kappa shape index (κ1) is 24.2. The fourth-order valence-corrected chi connectivity index (χ4v) is 4.74. The van der Waals surface area contributed by atoms with Crippen LogP contribution in [0.4, 0.5) is 0 Å². The minimum atomic E-state index is 0.0701. The van der Waals surface area contributed by atoms with Gasteiger partial charge in [-0.05, 0) is 44.4 Å². The Labute approximate surface area is 191 Å². The van der Waals surface area contributed by atoms with Crippen LogP contribution in [0.5, 0.6) is 0 Å². The first-order chi connectivity index (χ1) is 13.9. The molecule has 1 N–H and O–H groups in total. The van der Waals surface area contributed by atoms with Crippen molar-refractivity contribution in [3.8, 4) is 0 Å². The number of halogens is 2. The van der Waals surface area contributed by atoms with Crippen LogP contribution in [0.15, 0.2) is 50.2 Å². The van der Waals surface area contributed by atoms with Crippen molar-refractivity contribution in [1.29, 1.82) is 0 Å². The first-order valence-electron chi connectivity index (χ1n) is 9.51. The second-order valence-corrected chi connectivity index (χ2v) is 9.65. The molecule has 0 aliphatic carbocycles. The standard InChI is InChI=1S/C21H27Cl2N3OS2/c1-4-6-18-13-28-21(25-18)29-14-20(27)24-17-7-9-26(10-8-17)12-16(5-2)11-19(23)15(3)22/h4-6,11,13,17H,3,7-10,12,14H2,1-2H3,(H,24,27)/b6-4+,16-5?,19-11+. The number of thioether (sulfide) groups is 1. The lowest BCUT2D eigenvalue weighted by Crippen LogP contribution is -2.45. The molecule has 1 aromatic rings. The van der Waals surface area contributed by atoms with E-state index in [1.54, 1.807) is 11.3 Å². The molecule has 1 fully saturated rings. The topological polar surface area (TPSA) is 45.2 Å². The van der Waals surface area contributed by atoms with Gasteiger partial charge in [0.25, 0.3) is 0 Å². The Kier molecular flexibility index (Phi) is 10.5. The zero-order valence-corrected chi connectivity index (χ0v) is 19.9. The molecule has 0 atom stereocenters. The molecule has 1 amide bonds. The largest absolute Gasteiger partial charge is 0.353 e. The molecule has 158 valence electrons. The molecule has 0 spiro atoms. The SMILES string of the molecule is C=C(Cl)/C(Cl)=C\C(=CC)CN1CCC(NC(=O)CSc2nc(/C=C/C)cs2)CC1. The molecular weight excluding hydrogens is 445 g/mol. The summed E-state index contributed by atoms with van der Waals surface area (Å²) in [7, 11) is 0. The van der Waals surface area contributed by atoms with Gasteiger partial charge in [0.15, 0.2) is 4.34 Å². The van der Waals surface area contributed by atoms with E-state index in [1.165, 1.54) is 11.8 Å². The van der Waals surface area contributed by atoms with Crippen molar-refractivity contribution >= 4 is 58.3 Å². The molecule has 0 radical (unpaired) electrons. The summed E-state index contributed by atoms with van der Waals surface area (Å²) in [5.74, 6) is 0.470. The third-order valence-electron chi connectivity index (χ3n) is 4.47. The number of allylic oxidation sites excluding steroid dienone is 4. The van der Waals surface area contributed by atoms with E-state index in [1.807, 2.05) is 43.5 Å². The monoisotopic (exact) mass is 471 g/mol. The van der Waals surface area contributed by atoms with Gasteiger partial charge in [-0.1, -0.05) is 53.7 Å². The average molecular weight is 473 g/mol. The molecule has 2 heterocycles. The number of carbonyl (C=O) groups is 1. The molecule has 4 nitrogen and oxygen atoms in total. The van der Waals surface area contributed by atoms with E-state index in [4.69, 9.17) is 23.2 Å². The highest BCUT2D eigenvalue weighted by Gasteiger charge is 2.21. The Balaban J connectivity index is 1.72. The quantitative estimate of drug-likeness (QED) is 0.372. The van der Waals surface area contributed by atoms with Crippen molar-refractivity contribution in [2.45, 2.75) is 37.1 Å². The molecule has 2 rings (SSSR count). The summed E-state index contributed by atoms with van der Waals surface area (Å²) in [6, 6.07) is 0.227. The number of likely N-dealkylation sites (tertiary alicyclic amines) is 1. The Morgan fingerprint density at radius 3 is 2.76 bits per heavy atom. The Bertz CT molecular complexity index is 794. The van der Waals surface area contributed by atoms with Gasteiger partial charge in [0, 0.05) is 31.1 Å². The number of amides is 1. The van der Waals surface area contributed by atoms with Gasteiger partial charge >= 0.3 is 0 Å². The van der Waals surface area contributed by atoms with Crippen molar-refractivity contribution in [1.82, 2.24) is 15.2 Å². The summed E-state index contributed by atoms with van der Waals surface area (Å²) in [6.45, 7) is 10.3. The Hall–Kier alpha value is -1.05. The van der Waals surface area contributed by atoms with E-state index in [2.05, 4.69) is 21.8 Å². The molecule has 0 saturated carbocycles. The number of nitrogens with one attached hydrogen (secondary N) is 1. The molecule has 8 heteroatoms.